The first-order chi connectivity index (χ1) is 16.4. The number of aliphatic hydroxyl groups excluding tert-OH is 1. The molecule has 0 saturated heterocycles. The van der Waals surface area contributed by atoms with E-state index in [0.29, 0.717) is 18.3 Å². The molecule has 0 spiro atoms. The SMILES string of the molecule is CC1C(OC(=O)CO)CCC2(C)C1CCC1(C)C3CCC4(C)CCC(C(=O)O)CC4C3=CC(=O)C12. The zero-order valence-corrected chi connectivity index (χ0v) is 21.7. The maximum absolute atomic E-state index is 14.0. The van der Waals surface area contributed by atoms with Gasteiger partial charge in [0.05, 0.1) is 5.92 Å². The van der Waals surface area contributed by atoms with E-state index < -0.39 is 18.5 Å². The van der Waals surface area contributed by atoms with Crippen molar-refractivity contribution in [3.05, 3.63) is 11.6 Å². The van der Waals surface area contributed by atoms with Crippen molar-refractivity contribution in [3.8, 4) is 0 Å². The zero-order chi connectivity index (χ0) is 25.3. The first-order valence-corrected chi connectivity index (χ1v) is 13.7. The van der Waals surface area contributed by atoms with Crippen molar-refractivity contribution in [2.45, 2.75) is 91.6 Å². The van der Waals surface area contributed by atoms with Gasteiger partial charge in [0.2, 0.25) is 0 Å². The summed E-state index contributed by atoms with van der Waals surface area (Å²) in [5.41, 5.74) is 1.10. The Kier molecular flexibility index (Phi) is 6.01. The van der Waals surface area contributed by atoms with Crippen LogP contribution in [0.3, 0.4) is 0 Å². The van der Waals surface area contributed by atoms with Crippen LogP contribution in [0.5, 0.6) is 0 Å². The van der Waals surface area contributed by atoms with Gasteiger partial charge < -0.3 is 14.9 Å². The van der Waals surface area contributed by atoms with Gasteiger partial charge in [-0.25, -0.2) is 4.79 Å². The number of carboxylic acids is 1. The maximum atomic E-state index is 14.0. The van der Waals surface area contributed by atoms with Crippen LogP contribution in [-0.2, 0) is 19.1 Å². The van der Waals surface area contributed by atoms with Crippen LogP contribution in [0.15, 0.2) is 11.6 Å². The highest BCUT2D eigenvalue weighted by atomic mass is 16.6. The second-order valence-corrected chi connectivity index (χ2v) is 13.3. The molecule has 0 radical (unpaired) electrons. The number of ether oxygens (including phenoxy) is 1. The molecule has 10 unspecified atom stereocenters. The number of aliphatic hydroxyl groups is 1. The number of rotatable bonds is 3. The van der Waals surface area contributed by atoms with Gasteiger partial charge in [0.1, 0.15) is 12.7 Å². The summed E-state index contributed by atoms with van der Waals surface area (Å²) < 4.78 is 5.59. The number of ketones is 1. The number of allylic oxidation sites excluding steroid dienone is 2. The van der Waals surface area contributed by atoms with Gasteiger partial charge in [0, 0.05) is 5.92 Å². The highest BCUT2D eigenvalue weighted by molar-refractivity contribution is 5.95. The third-order valence-electron chi connectivity index (χ3n) is 11.7. The summed E-state index contributed by atoms with van der Waals surface area (Å²) in [6.07, 6.45) is 9.85. The molecule has 0 amide bonds. The predicted octanol–water partition coefficient (Wildman–Crippen LogP) is 4.79. The van der Waals surface area contributed by atoms with Crippen LogP contribution in [-0.4, -0.2) is 40.6 Å². The van der Waals surface area contributed by atoms with Crippen LogP contribution in [0.25, 0.3) is 0 Å². The summed E-state index contributed by atoms with van der Waals surface area (Å²) in [4.78, 5) is 37.7. The van der Waals surface area contributed by atoms with Crippen LogP contribution >= 0.6 is 0 Å². The molecule has 0 aromatic carbocycles. The quantitative estimate of drug-likeness (QED) is 0.557. The van der Waals surface area contributed by atoms with Gasteiger partial charge in [-0.1, -0.05) is 33.3 Å². The Hall–Kier alpha value is -1.69. The van der Waals surface area contributed by atoms with Crippen molar-refractivity contribution >= 4 is 17.7 Å². The summed E-state index contributed by atoms with van der Waals surface area (Å²) >= 11 is 0. The second kappa shape index (κ2) is 8.43. The Bertz CT molecular complexity index is 955. The molecule has 4 fully saturated rings. The van der Waals surface area contributed by atoms with Gasteiger partial charge >= 0.3 is 11.9 Å². The average molecular weight is 487 g/mol. The molecular weight excluding hydrogens is 444 g/mol. The van der Waals surface area contributed by atoms with Crippen LogP contribution < -0.4 is 0 Å². The molecule has 0 aromatic heterocycles. The van der Waals surface area contributed by atoms with Crippen molar-refractivity contribution in [2.75, 3.05) is 6.61 Å². The van der Waals surface area contributed by atoms with Gasteiger partial charge in [0.15, 0.2) is 5.78 Å². The molecule has 194 valence electrons. The van der Waals surface area contributed by atoms with Gasteiger partial charge in [0.25, 0.3) is 0 Å². The molecule has 2 N–H and O–H groups in total. The zero-order valence-electron chi connectivity index (χ0n) is 21.7. The molecule has 5 aliphatic rings. The summed E-state index contributed by atoms with van der Waals surface area (Å²) in [6.45, 7) is 8.51. The molecule has 6 nitrogen and oxygen atoms in total. The smallest absolute Gasteiger partial charge is 0.332 e. The van der Waals surface area contributed by atoms with Gasteiger partial charge in [-0.2, -0.15) is 0 Å². The molecule has 4 saturated carbocycles. The van der Waals surface area contributed by atoms with E-state index in [4.69, 9.17) is 9.84 Å². The fourth-order valence-corrected chi connectivity index (χ4v) is 9.94. The number of aliphatic carboxylic acids is 1. The van der Waals surface area contributed by atoms with E-state index in [9.17, 15) is 19.5 Å². The predicted molar refractivity (Wildman–Crippen MR) is 130 cm³/mol. The minimum Gasteiger partial charge on any atom is -0.481 e. The third kappa shape index (κ3) is 3.64. The molecule has 6 heteroatoms. The lowest BCUT2D eigenvalue weighted by Gasteiger charge is -2.65. The number of esters is 1. The van der Waals surface area contributed by atoms with Gasteiger partial charge in [-0.15, -0.1) is 0 Å². The maximum Gasteiger partial charge on any atom is 0.332 e. The molecule has 0 aliphatic heterocycles. The fourth-order valence-electron chi connectivity index (χ4n) is 9.94. The average Bonchev–Trinajstić information content (AvgIpc) is 2.79. The molecule has 5 rings (SSSR count). The van der Waals surface area contributed by atoms with Crippen LogP contribution in [0.2, 0.25) is 0 Å². The molecule has 0 bridgehead atoms. The Labute approximate surface area is 208 Å². The minimum absolute atomic E-state index is 0.0531. The van der Waals surface area contributed by atoms with Crippen molar-refractivity contribution in [2.24, 2.45) is 51.8 Å². The van der Waals surface area contributed by atoms with E-state index in [1.165, 1.54) is 5.57 Å². The van der Waals surface area contributed by atoms with E-state index in [1.807, 2.05) is 6.08 Å². The highest BCUT2D eigenvalue weighted by Crippen LogP contribution is 2.69. The molecule has 0 heterocycles. The summed E-state index contributed by atoms with van der Waals surface area (Å²) in [5.74, 6) is -0.398. The van der Waals surface area contributed by atoms with Crippen molar-refractivity contribution in [3.63, 3.8) is 0 Å². The summed E-state index contributed by atoms with van der Waals surface area (Å²) in [7, 11) is 0. The Morgan fingerprint density at radius 1 is 1.00 bits per heavy atom. The van der Waals surface area contributed by atoms with Gasteiger partial charge in [-0.3, -0.25) is 9.59 Å². The Balaban J connectivity index is 1.48. The van der Waals surface area contributed by atoms with Crippen LogP contribution in [0, 0.1) is 51.8 Å². The standard InChI is InChI=1S/C29H42O6/c1-16-19-7-11-29(4)20-6-10-27(2)9-5-17(26(33)34)13-21(27)18(20)14-22(31)25(29)28(19,3)12-8-23(16)35-24(32)15-30/h14,16-17,19-21,23,25,30H,5-13,15H2,1-4H3,(H,33,34). The van der Waals surface area contributed by atoms with Crippen molar-refractivity contribution in [1.29, 1.82) is 0 Å². The number of hydrogen-bond acceptors (Lipinski definition) is 5. The number of carbonyl (C=O) groups is 3. The van der Waals surface area contributed by atoms with E-state index in [2.05, 4.69) is 27.7 Å². The fraction of sp³-hybridized carbons (Fsp3) is 0.828. The Morgan fingerprint density at radius 3 is 2.37 bits per heavy atom. The van der Waals surface area contributed by atoms with Crippen LogP contribution in [0.4, 0.5) is 0 Å². The molecule has 5 aliphatic carbocycles. The lowest BCUT2D eigenvalue weighted by Crippen LogP contribution is -2.62. The number of carboxylic acid groups (broad SMARTS) is 1. The first-order valence-electron chi connectivity index (χ1n) is 13.7. The van der Waals surface area contributed by atoms with Gasteiger partial charge in [-0.05, 0) is 104 Å². The van der Waals surface area contributed by atoms with E-state index in [0.717, 1.165) is 51.4 Å². The van der Waals surface area contributed by atoms with E-state index in [1.54, 1.807) is 0 Å². The normalized spacial score (nSPS) is 49.0. The van der Waals surface area contributed by atoms with Crippen molar-refractivity contribution in [1.82, 2.24) is 0 Å². The van der Waals surface area contributed by atoms with Crippen molar-refractivity contribution < 1.29 is 29.3 Å². The monoisotopic (exact) mass is 486 g/mol. The topological polar surface area (TPSA) is 101 Å². The van der Waals surface area contributed by atoms with E-state index >= 15 is 0 Å². The molecule has 0 aromatic rings. The second-order valence-electron chi connectivity index (χ2n) is 13.3. The molecule has 35 heavy (non-hydrogen) atoms. The first kappa shape index (κ1) is 25.0. The minimum atomic E-state index is -0.693. The Morgan fingerprint density at radius 2 is 1.69 bits per heavy atom. The lowest BCUT2D eigenvalue weighted by atomic mass is 9.38. The third-order valence-corrected chi connectivity index (χ3v) is 11.7. The summed E-state index contributed by atoms with van der Waals surface area (Å²) in [5, 5.41) is 18.9. The van der Waals surface area contributed by atoms with Crippen LogP contribution in [0.1, 0.15) is 85.5 Å². The van der Waals surface area contributed by atoms with E-state index in [-0.39, 0.29) is 51.8 Å². The lowest BCUT2D eigenvalue weighted by molar-refractivity contribution is -0.183. The summed E-state index contributed by atoms with van der Waals surface area (Å²) in [6, 6.07) is 0. The molecule has 10 atom stereocenters. The largest absolute Gasteiger partial charge is 0.481 e. The number of fused-ring (bicyclic) bond motifs is 7. The number of carbonyl (C=O) groups excluding carboxylic acids is 2. The molecular formula is C29H42O6. The highest BCUT2D eigenvalue weighted by Gasteiger charge is 2.65. The number of hydrogen-bond donors (Lipinski definition) is 2.